The van der Waals surface area contributed by atoms with Crippen molar-refractivity contribution in [2.45, 2.75) is 19.4 Å². The number of aromatic nitrogens is 2. The van der Waals surface area contributed by atoms with Gasteiger partial charge < -0.3 is 26.4 Å². The molecule has 13 heteroatoms. The maximum Gasteiger partial charge on any atom is 0.318 e. The van der Waals surface area contributed by atoms with E-state index >= 15 is 0 Å². The van der Waals surface area contributed by atoms with Gasteiger partial charge in [-0.3, -0.25) is 5.41 Å². The number of piperazine rings is 1. The van der Waals surface area contributed by atoms with E-state index in [4.69, 9.17) is 21.9 Å². The summed E-state index contributed by atoms with van der Waals surface area (Å²) in [6.45, 7) is 2.77. The highest BCUT2D eigenvalue weighted by molar-refractivity contribution is 6.45. The largest absolute Gasteiger partial charge is 0.337 e. The number of halogens is 2. The highest BCUT2D eigenvalue weighted by Gasteiger charge is 2.26. The molecule has 35 heavy (non-hydrogen) atoms. The fraction of sp³-hybridized carbons (Fsp3) is 0.318. The average Bonchev–Trinajstić information content (AvgIpc) is 2.87. The zero-order valence-electron chi connectivity index (χ0n) is 18.9. The maximum absolute atomic E-state index is 14.2. The molecule has 1 aromatic carbocycles. The third-order valence-electron chi connectivity index (χ3n) is 5.48. The number of carbonyl (C=O) groups is 1. The van der Waals surface area contributed by atoms with Gasteiger partial charge in [0.2, 0.25) is 5.95 Å². The summed E-state index contributed by atoms with van der Waals surface area (Å²) in [6, 6.07) is 4.60. The second-order valence-corrected chi connectivity index (χ2v) is 7.76. The predicted octanol–water partition coefficient (Wildman–Crippen LogP) is 1.94. The molecule has 0 aliphatic carbocycles. The summed E-state index contributed by atoms with van der Waals surface area (Å²) in [4.78, 5) is 24.3. The van der Waals surface area contributed by atoms with Crippen molar-refractivity contribution in [2.24, 2.45) is 10.9 Å². The molecule has 0 saturated carbocycles. The van der Waals surface area contributed by atoms with Crippen LogP contribution in [0.2, 0.25) is 0 Å². The lowest BCUT2D eigenvalue weighted by atomic mass is 10.0. The summed E-state index contributed by atoms with van der Waals surface area (Å²) in [5.74, 6) is 4.02. The van der Waals surface area contributed by atoms with Crippen LogP contribution in [0.5, 0.6) is 0 Å². The lowest BCUT2D eigenvalue weighted by molar-refractivity contribution is 0.190. The van der Waals surface area contributed by atoms with Crippen molar-refractivity contribution in [3.63, 3.8) is 0 Å². The lowest BCUT2D eigenvalue weighted by Gasteiger charge is -2.35. The second-order valence-electron chi connectivity index (χ2n) is 7.76. The van der Waals surface area contributed by atoms with Gasteiger partial charge in [-0.2, -0.15) is 10.4 Å². The first-order valence-electron chi connectivity index (χ1n) is 10.6. The van der Waals surface area contributed by atoms with Crippen LogP contribution in [-0.2, 0) is 0 Å². The first-order chi connectivity index (χ1) is 16.8. The predicted molar refractivity (Wildman–Crippen MR) is 126 cm³/mol. The Kier molecular flexibility index (Phi) is 7.98. The van der Waals surface area contributed by atoms with Crippen LogP contribution in [0.25, 0.3) is 0 Å². The van der Waals surface area contributed by atoms with Gasteiger partial charge in [0, 0.05) is 32.6 Å². The van der Waals surface area contributed by atoms with Gasteiger partial charge >= 0.3 is 6.03 Å². The molecule has 0 bridgehead atoms. The number of rotatable bonds is 7. The summed E-state index contributed by atoms with van der Waals surface area (Å²) in [5.41, 5.74) is 0.166. The molecule has 2 aromatic rings. The zero-order valence-corrected chi connectivity index (χ0v) is 18.9. The Hall–Kier alpha value is -4.47. The van der Waals surface area contributed by atoms with Gasteiger partial charge in [0.1, 0.15) is 17.2 Å². The van der Waals surface area contributed by atoms with Crippen molar-refractivity contribution in [3.05, 3.63) is 52.9 Å². The number of hydrogen-bond donors (Lipinski definition) is 4. The summed E-state index contributed by atoms with van der Waals surface area (Å²) in [5, 5.41) is 30.7. The monoisotopic (exact) mass is 482 g/mol. The second kappa shape index (κ2) is 11.1. The molecule has 1 aliphatic rings. The van der Waals surface area contributed by atoms with Gasteiger partial charge in [-0.1, -0.05) is 0 Å². The van der Waals surface area contributed by atoms with Crippen LogP contribution in [0.3, 0.4) is 0 Å². The number of carbonyl (C=O) groups excluding carboxylic acids is 1. The minimum absolute atomic E-state index is 0.120. The minimum atomic E-state index is -0.770. The molecule has 1 fully saturated rings. The van der Waals surface area contributed by atoms with E-state index in [2.05, 4.69) is 20.4 Å². The third kappa shape index (κ3) is 5.91. The van der Waals surface area contributed by atoms with Crippen LogP contribution in [0, 0.1) is 33.8 Å². The van der Waals surface area contributed by atoms with Crippen molar-refractivity contribution in [1.82, 2.24) is 20.2 Å². The van der Waals surface area contributed by atoms with E-state index in [1.807, 2.05) is 6.07 Å². The van der Waals surface area contributed by atoms with Crippen molar-refractivity contribution in [3.8, 4) is 6.07 Å². The molecule has 5 N–H and O–H groups in total. The normalized spacial score (nSPS) is 14.7. The molecular formula is C22H24F2N10O. The molecule has 1 aromatic heterocycles. The Morgan fingerprint density at radius 1 is 1.34 bits per heavy atom. The number of nitrogens with zero attached hydrogens (tertiary/aromatic N) is 6. The molecule has 182 valence electrons. The maximum atomic E-state index is 14.2. The Bertz CT molecular complexity index is 1200. The summed E-state index contributed by atoms with van der Waals surface area (Å²) in [7, 11) is 0. The zero-order chi connectivity index (χ0) is 25.5. The average molecular weight is 482 g/mol. The smallest absolute Gasteiger partial charge is 0.318 e. The molecular weight excluding hydrogens is 458 g/mol. The van der Waals surface area contributed by atoms with Gasteiger partial charge in [-0.05, 0) is 36.9 Å². The van der Waals surface area contributed by atoms with E-state index in [1.165, 1.54) is 19.1 Å². The van der Waals surface area contributed by atoms with Crippen LogP contribution in [0.4, 0.5) is 19.5 Å². The van der Waals surface area contributed by atoms with Gasteiger partial charge in [0.05, 0.1) is 29.6 Å². The molecule has 11 nitrogen and oxygen atoms in total. The Morgan fingerprint density at radius 2 is 2.06 bits per heavy atom. The standard InChI is InChI=1S/C22H24F2N10O/c1-13(32-28)19(27)20-17(24)12-29-21(31-20)33-4-6-34(7-5-33)22(35)30-18(2-3-25)15-8-14(11-26)9-16(23)10-15/h3,8-10,12,18,25,27H,2,4-7,28H2,1H3,(H,30,35)/b25-3?,27-19?,32-13-/t18-/m0/s1. The number of anilines is 1. The fourth-order valence-electron chi connectivity index (χ4n) is 3.55. The first-order valence-corrected chi connectivity index (χ1v) is 10.6. The lowest BCUT2D eigenvalue weighted by Crippen LogP contribution is -2.52. The molecule has 1 aliphatic heterocycles. The number of nitrogens with one attached hydrogen (secondary N) is 3. The molecule has 1 saturated heterocycles. The third-order valence-corrected chi connectivity index (χ3v) is 5.48. The van der Waals surface area contributed by atoms with Crippen molar-refractivity contribution < 1.29 is 13.6 Å². The Morgan fingerprint density at radius 3 is 2.69 bits per heavy atom. The van der Waals surface area contributed by atoms with E-state index in [9.17, 15) is 13.6 Å². The van der Waals surface area contributed by atoms with E-state index < -0.39 is 23.7 Å². The van der Waals surface area contributed by atoms with Crippen LogP contribution in [-0.4, -0.2) is 64.7 Å². The fourth-order valence-corrected chi connectivity index (χ4v) is 3.55. The quantitative estimate of drug-likeness (QED) is 0.267. The van der Waals surface area contributed by atoms with E-state index in [0.717, 1.165) is 18.5 Å². The van der Waals surface area contributed by atoms with Crippen LogP contribution >= 0.6 is 0 Å². The molecule has 0 spiro atoms. The van der Waals surface area contributed by atoms with Crippen molar-refractivity contribution in [2.75, 3.05) is 31.1 Å². The molecule has 0 radical (unpaired) electrons. The molecule has 0 unspecified atom stereocenters. The van der Waals surface area contributed by atoms with Crippen molar-refractivity contribution >= 4 is 29.6 Å². The number of benzene rings is 1. The minimum Gasteiger partial charge on any atom is -0.337 e. The Labute approximate surface area is 200 Å². The number of urea groups is 1. The van der Waals surface area contributed by atoms with E-state index in [1.54, 1.807) is 9.80 Å². The van der Waals surface area contributed by atoms with Crippen LogP contribution in [0.1, 0.15) is 36.2 Å². The van der Waals surface area contributed by atoms with Gasteiger partial charge in [0.15, 0.2) is 5.82 Å². The summed E-state index contributed by atoms with van der Waals surface area (Å²) in [6.07, 6.45) is 2.22. The highest BCUT2D eigenvalue weighted by atomic mass is 19.1. The topological polar surface area (TPSA) is 171 Å². The molecule has 2 amide bonds. The first kappa shape index (κ1) is 25.2. The number of nitrogens with two attached hydrogens (primary N) is 1. The summed E-state index contributed by atoms with van der Waals surface area (Å²) >= 11 is 0. The summed E-state index contributed by atoms with van der Waals surface area (Å²) < 4.78 is 28.0. The molecule has 3 rings (SSSR count). The molecule has 1 atom stereocenters. The SMILES string of the molecule is C/C(=N/N)C(=N)c1nc(N2CCN(C(=O)N[C@@H](CC=N)c3cc(F)cc(C#N)c3)CC2)ncc1F. The van der Waals surface area contributed by atoms with Crippen LogP contribution < -0.4 is 16.1 Å². The Balaban J connectivity index is 1.68. The number of hydrazone groups is 1. The van der Waals surface area contributed by atoms with E-state index in [-0.39, 0.29) is 35.0 Å². The highest BCUT2D eigenvalue weighted by Crippen LogP contribution is 2.20. The number of nitriles is 1. The van der Waals surface area contributed by atoms with Crippen LogP contribution in [0.15, 0.2) is 29.5 Å². The van der Waals surface area contributed by atoms with Gasteiger partial charge in [-0.15, -0.1) is 0 Å². The number of amides is 2. The van der Waals surface area contributed by atoms with Gasteiger partial charge in [0.25, 0.3) is 0 Å². The van der Waals surface area contributed by atoms with E-state index in [0.29, 0.717) is 31.7 Å². The van der Waals surface area contributed by atoms with Crippen molar-refractivity contribution in [1.29, 1.82) is 16.1 Å². The number of hydrogen-bond acceptors (Lipinski definition) is 9. The molecule has 2 heterocycles. The van der Waals surface area contributed by atoms with Gasteiger partial charge in [-0.25, -0.2) is 23.5 Å².